The van der Waals surface area contributed by atoms with Crippen LogP contribution in [0.4, 0.5) is 17.6 Å². The van der Waals surface area contributed by atoms with Crippen LogP contribution in [0.3, 0.4) is 0 Å². The van der Waals surface area contributed by atoms with Gasteiger partial charge in [0, 0.05) is 30.7 Å². The first kappa shape index (κ1) is 19.4. The molecule has 0 aliphatic rings. The number of pyridine rings is 1. The predicted octanol–water partition coefficient (Wildman–Crippen LogP) is 4.72. The van der Waals surface area contributed by atoms with Crippen LogP contribution in [0.15, 0.2) is 48.8 Å². The summed E-state index contributed by atoms with van der Waals surface area (Å²) in [6, 6.07) is 8.69. The van der Waals surface area contributed by atoms with Gasteiger partial charge in [-0.15, -0.1) is 0 Å². The van der Waals surface area contributed by atoms with Crippen molar-refractivity contribution in [3.05, 3.63) is 65.7 Å². The second-order valence-electron chi connectivity index (χ2n) is 5.46. The maximum absolute atomic E-state index is 13.1. The molecule has 0 saturated carbocycles. The van der Waals surface area contributed by atoms with Crippen molar-refractivity contribution in [1.82, 2.24) is 9.55 Å². The molecule has 2 aromatic heterocycles. The lowest BCUT2D eigenvalue weighted by atomic mass is 10.2. The van der Waals surface area contributed by atoms with E-state index in [-0.39, 0.29) is 12.2 Å². The van der Waals surface area contributed by atoms with Crippen LogP contribution in [-0.4, -0.2) is 20.6 Å². The van der Waals surface area contributed by atoms with Gasteiger partial charge in [0.2, 0.25) is 0 Å². The molecular formula is C18H16F4N2O2. The molecule has 0 unspecified atom stereocenters. The molecule has 0 bridgehead atoms. The molecule has 138 valence electrons. The summed E-state index contributed by atoms with van der Waals surface area (Å²) in [5.41, 5.74) is 0.375. The van der Waals surface area contributed by atoms with Crippen molar-refractivity contribution in [1.29, 1.82) is 0 Å². The Labute approximate surface area is 146 Å². The van der Waals surface area contributed by atoms with Crippen LogP contribution in [0.25, 0.3) is 11.0 Å². The number of benzene rings is 1. The summed E-state index contributed by atoms with van der Waals surface area (Å²) in [6.07, 6.45) is -1.74. The highest BCUT2D eigenvalue weighted by Gasteiger charge is 2.31. The van der Waals surface area contributed by atoms with Crippen LogP contribution in [0.2, 0.25) is 0 Å². The molecule has 0 spiro atoms. The number of carbonyl (C=O) groups is 1. The van der Waals surface area contributed by atoms with Crippen LogP contribution >= 0.6 is 0 Å². The highest BCUT2D eigenvalue weighted by Crippen LogP contribution is 2.30. The van der Waals surface area contributed by atoms with E-state index in [2.05, 4.69) is 4.98 Å². The highest BCUT2D eigenvalue weighted by atomic mass is 19.4. The smallest absolute Gasteiger partial charge is 0.417 e. The molecule has 4 nitrogen and oxygen atoms in total. The number of fused-ring (bicyclic) bond motifs is 1. The van der Waals surface area contributed by atoms with Gasteiger partial charge in [0.1, 0.15) is 11.5 Å². The van der Waals surface area contributed by atoms with Crippen molar-refractivity contribution in [2.45, 2.75) is 26.1 Å². The first-order chi connectivity index (χ1) is 12.2. The van der Waals surface area contributed by atoms with Crippen molar-refractivity contribution in [2.24, 2.45) is 0 Å². The Kier molecular flexibility index (Phi) is 5.97. The standard InChI is InChI=1S/C15H10F4N2.C3H6O2/c16-13-3-1-2-10(6-13)9-21-5-4-11-7-12(15(17,18)19)8-20-14(11)21;1-2-3(4)5/h1-8H,9H2;2H2,1H3,(H,4,5). The summed E-state index contributed by atoms with van der Waals surface area (Å²) >= 11 is 0. The highest BCUT2D eigenvalue weighted by molar-refractivity contribution is 5.77. The number of hydrogen-bond acceptors (Lipinski definition) is 2. The fourth-order valence-electron chi connectivity index (χ4n) is 2.19. The van der Waals surface area contributed by atoms with Gasteiger partial charge in [-0.25, -0.2) is 9.37 Å². The van der Waals surface area contributed by atoms with Gasteiger partial charge in [-0.1, -0.05) is 19.1 Å². The average Bonchev–Trinajstić information content (AvgIpc) is 2.97. The van der Waals surface area contributed by atoms with Crippen molar-refractivity contribution >= 4 is 17.0 Å². The van der Waals surface area contributed by atoms with Gasteiger partial charge in [0.25, 0.3) is 0 Å². The van der Waals surface area contributed by atoms with Gasteiger partial charge in [0.05, 0.1) is 5.56 Å². The quantitative estimate of drug-likeness (QED) is 0.681. The third kappa shape index (κ3) is 5.05. The van der Waals surface area contributed by atoms with E-state index in [9.17, 15) is 22.4 Å². The minimum Gasteiger partial charge on any atom is -0.481 e. The molecular weight excluding hydrogens is 352 g/mol. The van der Waals surface area contributed by atoms with Crippen LogP contribution in [-0.2, 0) is 17.5 Å². The number of hydrogen-bond donors (Lipinski definition) is 1. The zero-order valence-electron chi connectivity index (χ0n) is 13.8. The zero-order valence-corrected chi connectivity index (χ0v) is 13.8. The number of carboxylic acid groups (broad SMARTS) is 1. The predicted molar refractivity (Wildman–Crippen MR) is 88.2 cm³/mol. The molecule has 3 aromatic rings. The number of nitrogens with zero attached hydrogens (tertiary/aromatic N) is 2. The Morgan fingerprint density at radius 1 is 1.23 bits per heavy atom. The zero-order chi connectivity index (χ0) is 19.3. The number of aromatic nitrogens is 2. The third-order valence-electron chi connectivity index (χ3n) is 3.47. The van der Waals surface area contributed by atoms with Crippen LogP contribution in [0.5, 0.6) is 0 Å². The van der Waals surface area contributed by atoms with E-state index < -0.39 is 17.7 Å². The molecule has 3 rings (SSSR count). The summed E-state index contributed by atoms with van der Waals surface area (Å²) in [5.74, 6) is -1.10. The van der Waals surface area contributed by atoms with Gasteiger partial charge in [0.15, 0.2) is 0 Å². The van der Waals surface area contributed by atoms with Crippen molar-refractivity contribution in [3.63, 3.8) is 0 Å². The maximum atomic E-state index is 13.1. The largest absolute Gasteiger partial charge is 0.481 e. The SMILES string of the molecule is CCC(=O)O.Fc1cccc(Cn2ccc3cc(C(F)(F)F)cnc32)c1. The normalized spacial score (nSPS) is 11.1. The topological polar surface area (TPSA) is 55.1 Å². The third-order valence-corrected chi connectivity index (χ3v) is 3.47. The maximum Gasteiger partial charge on any atom is 0.417 e. The summed E-state index contributed by atoms with van der Waals surface area (Å²) in [7, 11) is 0. The number of aliphatic carboxylic acids is 1. The van der Waals surface area contributed by atoms with E-state index in [0.29, 0.717) is 23.1 Å². The summed E-state index contributed by atoms with van der Waals surface area (Å²) in [6.45, 7) is 1.95. The van der Waals surface area contributed by atoms with Crippen LogP contribution in [0.1, 0.15) is 24.5 Å². The number of alkyl halides is 3. The van der Waals surface area contributed by atoms with Crippen LogP contribution in [0, 0.1) is 5.82 Å². The second-order valence-corrected chi connectivity index (χ2v) is 5.46. The van der Waals surface area contributed by atoms with E-state index in [0.717, 1.165) is 12.3 Å². The van der Waals surface area contributed by atoms with Crippen molar-refractivity contribution in [2.75, 3.05) is 0 Å². The molecule has 0 saturated heterocycles. The lowest BCUT2D eigenvalue weighted by Gasteiger charge is -2.08. The van der Waals surface area contributed by atoms with E-state index >= 15 is 0 Å². The molecule has 0 aliphatic carbocycles. The summed E-state index contributed by atoms with van der Waals surface area (Å²) < 4.78 is 52.7. The van der Waals surface area contributed by atoms with E-state index in [1.165, 1.54) is 12.1 Å². The molecule has 8 heteroatoms. The van der Waals surface area contributed by atoms with E-state index in [1.54, 1.807) is 35.9 Å². The first-order valence-corrected chi connectivity index (χ1v) is 7.69. The number of rotatable bonds is 3. The molecule has 1 aromatic carbocycles. The Morgan fingerprint density at radius 3 is 2.50 bits per heavy atom. The lowest BCUT2D eigenvalue weighted by Crippen LogP contribution is -2.06. The Morgan fingerprint density at radius 2 is 1.92 bits per heavy atom. The molecule has 26 heavy (non-hydrogen) atoms. The summed E-state index contributed by atoms with van der Waals surface area (Å²) in [4.78, 5) is 13.2. The van der Waals surface area contributed by atoms with Gasteiger partial charge in [-0.2, -0.15) is 13.2 Å². The van der Waals surface area contributed by atoms with Crippen molar-refractivity contribution < 1.29 is 27.5 Å². The monoisotopic (exact) mass is 368 g/mol. The molecule has 0 aliphatic heterocycles. The first-order valence-electron chi connectivity index (χ1n) is 7.69. The Bertz CT molecular complexity index is 904. The fraction of sp³-hybridized carbons (Fsp3) is 0.222. The molecule has 2 heterocycles. The molecule has 0 fully saturated rings. The molecule has 0 radical (unpaired) electrons. The average molecular weight is 368 g/mol. The van der Waals surface area contributed by atoms with Gasteiger partial charge >= 0.3 is 12.1 Å². The van der Waals surface area contributed by atoms with Crippen LogP contribution < -0.4 is 0 Å². The molecule has 0 atom stereocenters. The minimum absolute atomic E-state index is 0.222. The van der Waals surface area contributed by atoms with E-state index in [4.69, 9.17) is 5.11 Å². The second kappa shape index (κ2) is 7.99. The molecule has 0 amide bonds. The van der Waals surface area contributed by atoms with Gasteiger partial charge in [-0.3, -0.25) is 4.79 Å². The molecule has 1 N–H and O–H groups in total. The van der Waals surface area contributed by atoms with Gasteiger partial charge in [-0.05, 0) is 29.8 Å². The fourth-order valence-corrected chi connectivity index (χ4v) is 2.19. The Balaban J connectivity index is 0.000000431. The Hall–Kier alpha value is -2.90. The van der Waals surface area contributed by atoms with Gasteiger partial charge < -0.3 is 9.67 Å². The number of carboxylic acids is 1. The van der Waals surface area contributed by atoms with E-state index in [1.807, 2.05) is 0 Å². The minimum atomic E-state index is -4.41. The number of halogens is 4. The summed E-state index contributed by atoms with van der Waals surface area (Å²) in [5, 5.41) is 8.13. The van der Waals surface area contributed by atoms with Crippen molar-refractivity contribution in [3.8, 4) is 0 Å². The lowest BCUT2D eigenvalue weighted by molar-refractivity contribution is -0.138.